The number of nitrogens with zero attached hydrogens (tertiary/aromatic N) is 1. The molecule has 0 aromatic heterocycles. The van der Waals surface area contributed by atoms with E-state index in [-0.39, 0.29) is 4.90 Å². The van der Waals surface area contributed by atoms with Gasteiger partial charge in [0.1, 0.15) is 0 Å². The zero-order valence-corrected chi connectivity index (χ0v) is 10.7. The maximum Gasteiger partial charge on any atom is 0.235 e. The Hall–Kier alpha value is -1.16. The van der Waals surface area contributed by atoms with Crippen LogP contribution in [0.1, 0.15) is 18.4 Å². The van der Waals surface area contributed by atoms with Crippen LogP contribution in [0.25, 0.3) is 0 Å². The summed E-state index contributed by atoms with van der Waals surface area (Å²) >= 11 is 6.02. The summed E-state index contributed by atoms with van der Waals surface area (Å²) in [6.45, 7) is 0. The molecule has 0 heterocycles. The van der Waals surface area contributed by atoms with Gasteiger partial charge in [-0.2, -0.15) is 4.99 Å². The van der Waals surface area contributed by atoms with E-state index < -0.39 is 15.4 Å². The number of hydrogen-bond acceptors (Lipinski definition) is 4. The molecule has 2 rings (SSSR count). The van der Waals surface area contributed by atoms with E-state index in [1.807, 2.05) is 0 Å². The molecule has 0 amide bonds. The molecular formula is C11H10ClNO3S. The zero-order chi connectivity index (χ0) is 12.7. The van der Waals surface area contributed by atoms with Crippen LogP contribution in [0, 0.1) is 0 Å². The first-order valence-corrected chi connectivity index (χ1v) is 7.25. The summed E-state index contributed by atoms with van der Waals surface area (Å²) in [4.78, 5) is 14.3. The van der Waals surface area contributed by atoms with Gasteiger partial charge in [-0.3, -0.25) is 0 Å². The Bertz CT molecular complexity index is 614. The van der Waals surface area contributed by atoms with Crippen molar-refractivity contribution >= 4 is 27.5 Å². The van der Waals surface area contributed by atoms with Gasteiger partial charge in [0.2, 0.25) is 6.08 Å². The maximum absolute atomic E-state index is 11.5. The van der Waals surface area contributed by atoms with Crippen molar-refractivity contribution in [2.24, 2.45) is 4.99 Å². The highest BCUT2D eigenvalue weighted by Crippen LogP contribution is 2.51. The van der Waals surface area contributed by atoms with Crippen molar-refractivity contribution in [1.29, 1.82) is 0 Å². The fraction of sp³-hybridized carbons (Fsp3) is 0.364. The lowest BCUT2D eigenvalue weighted by Gasteiger charge is -2.11. The van der Waals surface area contributed by atoms with Crippen LogP contribution < -0.4 is 0 Å². The van der Waals surface area contributed by atoms with E-state index in [2.05, 4.69) is 4.99 Å². The number of carbonyl (C=O) groups excluding carboxylic acids is 1. The predicted molar refractivity (Wildman–Crippen MR) is 63.6 cm³/mol. The summed E-state index contributed by atoms with van der Waals surface area (Å²) in [5.41, 5.74) is -0.0649. The predicted octanol–water partition coefficient (Wildman–Crippen LogP) is 2.07. The Morgan fingerprint density at radius 2 is 2.06 bits per heavy atom. The first-order valence-electron chi connectivity index (χ1n) is 4.98. The van der Waals surface area contributed by atoms with Crippen molar-refractivity contribution in [3.8, 4) is 0 Å². The molecule has 1 aromatic rings. The Morgan fingerprint density at radius 1 is 1.41 bits per heavy atom. The highest BCUT2D eigenvalue weighted by Gasteiger charge is 2.46. The third-order valence-corrected chi connectivity index (χ3v) is 4.29. The normalized spacial score (nSPS) is 17.3. The van der Waals surface area contributed by atoms with Crippen LogP contribution in [0.4, 0.5) is 0 Å². The lowest BCUT2D eigenvalue weighted by molar-refractivity contribution is 0.556. The van der Waals surface area contributed by atoms with Gasteiger partial charge < -0.3 is 0 Å². The third-order valence-electron chi connectivity index (χ3n) is 2.85. The first kappa shape index (κ1) is 12.3. The van der Waals surface area contributed by atoms with E-state index >= 15 is 0 Å². The number of aliphatic imine (C=N–C) groups is 1. The quantitative estimate of drug-likeness (QED) is 0.624. The zero-order valence-electron chi connectivity index (χ0n) is 9.10. The van der Waals surface area contributed by atoms with Crippen molar-refractivity contribution in [2.45, 2.75) is 23.3 Å². The van der Waals surface area contributed by atoms with Gasteiger partial charge in [0.05, 0.1) is 10.4 Å². The summed E-state index contributed by atoms with van der Waals surface area (Å²) in [5.74, 6) is 0. The van der Waals surface area contributed by atoms with Crippen LogP contribution in [0.2, 0.25) is 5.02 Å². The number of hydrogen-bond donors (Lipinski definition) is 0. The van der Waals surface area contributed by atoms with E-state index in [1.54, 1.807) is 0 Å². The molecule has 1 fully saturated rings. The molecule has 0 N–H and O–H groups in total. The SMILES string of the molecule is CS(=O)(=O)c1ccc(Cl)c(C2(N=C=O)CC2)c1. The van der Waals surface area contributed by atoms with Crippen LogP contribution >= 0.6 is 11.6 Å². The van der Waals surface area contributed by atoms with E-state index in [0.29, 0.717) is 23.4 Å². The van der Waals surface area contributed by atoms with Gasteiger partial charge in [-0.15, -0.1) is 0 Å². The maximum atomic E-state index is 11.5. The summed E-state index contributed by atoms with van der Waals surface area (Å²) in [6.07, 6.45) is 4.03. The number of benzene rings is 1. The minimum Gasteiger partial charge on any atom is -0.224 e. The molecule has 1 aromatic carbocycles. The average Bonchev–Trinajstić information content (AvgIpc) is 2.98. The number of rotatable bonds is 3. The van der Waals surface area contributed by atoms with E-state index in [0.717, 1.165) is 6.26 Å². The molecule has 17 heavy (non-hydrogen) atoms. The van der Waals surface area contributed by atoms with E-state index in [4.69, 9.17) is 11.6 Å². The fourth-order valence-corrected chi connectivity index (χ4v) is 2.68. The summed E-state index contributed by atoms with van der Waals surface area (Å²) < 4.78 is 22.9. The fourth-order valence-electron chi connectivity index (χ4n) is 1.74. The van der Waals surface area contributed by atoms with Crippen molar-refractivity contribution in [3.63, 3.8) is 0 Å². The molecule has 0 saturated heterocycles. The number of halogens is 1. The third kappa shape index (κ3) is 2.27. The molecule has 0 radical (unpaired) electrons. The molecular weight excluding hydrogens is 262 g/mol. The first-order chi connectivity index (χ1) is 7.89. The van der Waals surface area contributed by atoms with Gasteiger partial charge in [-0.1, -0.05) is 11.6 Å². The second kappa shape index (κ2) is 3.95. The summed E-state index contributed by atoms with van der Waals surface area (Å²) in [7, 11) is -3.29. The Morgan fingerprint density at radius 3 is 2.53 bits per heavy atom. The van der Waals surface area contributed by atoms with Crippen molar-refractivity contribution in [2.75, 3.05) is 6.26 Å². The molecule has 0 atom stereocenters. The van der Waals surface area contributed by atoms with Crippen LogP contribution in [0.15, 0.2) is 28.1 Å². The lowest BCUT2D eigenvalue weighted by atomic mass is 10.1. The smallest absolute Gasteiger partial charge is 0.224 e. The summed E-state index contributed by atoms with van der Waals surface area (Å²) in [6, 6.07) is 4.46. The summed E-state index contributed by atoms with van der Waals surface area (Å²) in [5, 5.41) is 0.425. The van der Waals surface area contributed by atoms with Gasteiger partial charge in [0, 0.05) is 16.8 Å². The average molecular weight is 272 g/mol. The van der Waals surface area contributed by atoms with Gasteiger partial charge in [0.15, 0.2) is 9.84 Å². The molecule has 0 unspecified atom stereocenters. The monoisotopic (exact) mass is 271 g/mol. The van der Waals surface area contributed by atoms with Crippen molar-refractivity contribution in [1.82, 2.24) is 0 Å². The van der Waals surface area contributed by atoms with E-state index in [9.17, 15) is 13.2 Å². The molecule has 4 nitrogen and oxygen atoms in total. The lowest BCUT2D eigenvalue weighted by Crippen LogP contribution is -2.06. The van der Waals surface area contributed by atoms with E-state index in [1.165, 1.54) is 24.3 Å². The van der Waals surface area contributed by atoms with Crippen LogP contribution in [-0.2, 0) is 20.2 Å². The van der Waals surface area contributed by atoms with Crippen LogP contribution in [-0.4, -0.2) is 20.8 Å². The number of isocyanates is 1. The molecule has 1 aliphatic carbocycles. The highest BCUT2D eigenvalue weighted by molar-refractivity contribution is 7.90. The van der Waals surface area contributed by atoms with Crippen molar-refractivity contribution in [3.05, 3.63) is 28.8 Å². The number of sulfone groups is 1. The molecule has 6 heteroatoms. The molecule has 90 valence electrons. The Kier molecular flexibility index (Phi) is 2.86. The van der Waals surface area contributed by atoms with Crippen molar-refractivity contribution < 1.29 is 13.2 Å². The molecule has 0 aliphatic heterocycles. The largest absolute Gasteiger partial charge is 0.235 e. The van der Waals surface area contributed by atoms with Gasteiger partial charge in [-0.05, 0) is 31.0 Å². The second-order valence-corrected chi connectivity index (χ2v) is 6.57. The van der Waals surface area contributed by atoms with Crippen LogP contribution in [0.3, 0.4) is 0 Å². The Balaban J connectivity index is 2.59. The van der Waals surface area contributed by atoms with Gasteiger partial charge >= 0.3 is 0 Å². The molecule has 1 aliphatic rings. The van der Waals surface area contributed by atoms with Gasteiger partial charge in [0.25, 0.3) is 0 Å². The minimum absolute atomic E-state index is 0.185. The van der Waals surface area contributed by atoms with Crippen LogP contribution in [0.5, 0.6) is 0 Å². The Labute approximate surface area is 104 Å². The standard InChI is InChI=1S/C11H10ClNO3S/c1-17(15,16)8-2-3-10(12)9(6-8)11(4-5-11)13-7-14/h2-3,6H,4-5H2,1H3. The second-order valence-electron chi connectivity index (χ2n) is 4.15. The molecule has 0 spiro atoms. The van der Waals surface area contributed by atoms with Gasteiger partial charge in [-0.25, -0.2) is 13.2 Å². The topological polar surface area (TPSA) is 63.6 Å². The molecule has 0 bridgehead atoms. The highest BCUT2D eigenvalue weighted by atomic mass is 35.5. The molecule has 1 saturated carbocycles. The minimum atomic E-state index is -3.29.